The summed E-state index contributed by atoms with van der Waals surface area (Å²) in [5.74, 6) is 0. The molecular weight excluding hydrogens is 274 g/mol. The van der Waals surface area contributed by atoms with E-state index in [1.54, 1.807) is 22.6 Å². The molecule has 0 aromatic carbocycles. The van der Waals surface area contributed by atoms with Gasteiger partial charge in [0.1, 0.15) is 4.90 Å². The lowest BCUT2D eigenvalue weighted by Crippen LogP contribution is -2.57. The Bertz CT molecular complexity index is 561. The van der Waals surface area contributed by atoms with Crippen molar-refractivity contribution in [3.63, 3.8) is 0 Å². The summed E-state index contributed by atoms with van der Waals surface area (Å²) >= 11 is 0. The van der Waals surface area contributed by atoms with Gasteiger partial charge in [0, 0.05) is 37.6 Å². The Morgan fingerprint density at radius 3 is 2.95 bits per heavy atom. The number of rotatable bonds is 3. The highest BCUT2D eigenvalue weighted by Gasteiger charge is 2.41. The van der Waals surface area contributed by atoms with Gasteiger partial charge in [-0.2, -0.15) is 4.31 Å². The summed E-state index contributed by atoms with van der Waals surface area (Å²) in [6.07, 6.45) is 6.19. The van der Waals surface area contributed by atoms with Crippen LogP contribution >= 0.6 is 0 Å². The van der Waals surface area contributed by atoms with Crippen molar-refractivity contribution < 1.29 is 8.42 Å². The highest BCUT2D eigenvalue weighted by atomic mass is 32.2. The number of fused-ring (bicyclic) bond motifs is 1. The van der Waals surface area contributed by atoms with Crippen LogP contribution in [0.1, 0.15) is 26.2 Å². The summed E-state index contributed by atoms with van der Waals surface area (Å²) < 4.78 is 27.3. The summed E-state index contributed by atoms with van der Waals surface area (Å²) in [4.78, 5) is 6.70. The second-order valence-corrected chi connectivity index (χ2v) is 7.51. The number of piperazine rings is 1. The van der Waals surface area contributed by atoms with Crippen molar-refractivity contribution in [2.75, 3.05) is 19.6 Å². The largest absolute Gasteiger partial charge is 0.297 e. The highest BCUT2D eigenvalue weighted by Crippen LogP contribution is 2.29. The van der Waals surface area contributed by atoms with Crippen LogP contribution in [0.4, 0.5) is 0 Å². The van der Waals surface area contributed by atoms with Crippen LogP contribution in [0.25, 0.3) is 0 Å². The first-order chi connectivity index (χ1) is 9.63. The number of nitrogens with zero attached hydrogens (tertiary/aromatic N) is 3. The van der Waals surface area contributed by atoms with Crippen LogP contribution in [0.3, 0.4) is 0 Å². The van der Waals surface area contributed by atoms with Gasteiger partial charge in [0.15, 0.2) is 0 Å². The SMILES string of the molecule is CC[C@@H]1CN2CCC[C@H]2CN1S(=O)(=O)c1cccnc1. The second kappa shape index (κ2) is 5.42. The van der Waals surface area contributed by atoms with Crippen molar-refractivity contribution in [1.82, 2.24) is 14.2 Å². The third-order valence-corrected chi connectivity index (χ3v) is 6.36. The second-order valence-electron chi connectivity index (χ2n) is 5.62. The van der Waals surface area contributed by atoms with Gasteiger partial charge in [-0.1, -0.05) is 6.92 Å². The fourth-order valence-corrected chi connectivity index (χ4v) is 5.01. The van der Waals surface area contributed by atoms with Gasteiger partial charge in [0.25, 0.3) is 0 Å². The van der Waals surface area contributed by atoms with E-state index in [0.29, 0.717) is 17.5 Å². The molecule has 1 aromatic rings. The molecule has 0 aliphatic carbocycles. The zero-order valence-electron chi connectivity index (χ0n) is 11.8. The molecule has 1 aromatic heterocycles. The van der Waals surface area contributed by atoms with E-state index in [1.807, 2.05) is 0 Å². The van der Waals surface area contributed by atoms with Gasteiger partial charge in [0.2, 0.25) is 10.0 Å². The molecule has 0 bridgehead atoms. The Morgan fingerprint density at radius 1 is 1.40 bits per heavy atom. The summed E-state index contributed by atoms with van der Waals surface area (Å²) in [6, 6.07) is 3.79. The maximum absolute atomic E-state index is 12.8. The van der Waals surface area contributed by atoms with Crippen molar-refractivity contribution >= 4 is 10.0 Å². The van der Waals surface area contributed by atoms with Gasteiger partial charge in [-0.3, -0.25) is 9.88 Å². The molecule has 20 heavy (non-hydrogen) atoms. The first-order valence-corrected chi connectivity index (χ1v) is 8.73. The third kappa shape index (κ3) is 2.36. The number of aromatic nitrogens is 1. The molecule has 0 unspecified atom stereocenters. The number of hydrogen-bond donors (Lipinski definition) is 0. The fraction of sp³-hybridized carbons (Fsp3) is 0.643. The van der Waals surface area contributed by atoms with Crippen LogP contribution in [0.15, 0.2) is 29.4 Å². The molecule has 0 amide bonds. The molecule has 2 aliphatic rings. The molecule has 0 N–H and O–H groups in total. The molecule has 5 nitrogen and oxygen atoms in total. The van der Waals surface area contributed by atoms with Gasteiger partial charge >= 0.3 is 0 Å². The lowest BCUT2D eigenvalue weighted by Gasteiger charge is -2.42. The summed E-state index contributed by atoms with van der Waals surface area (Å²) in [7, 11) is -3.42. The van der Waals surface area contributed by atoms with E-state index in [4.69, 9.17) is 0 Å². The Labute approximate surface area is 120 Å². The molecule has 2 aliphatic heterocycles. The first-order valence-electron chi connectivity index (χ1n) is 7.29. The Balaban J connectivity index is 1.91. The average Bonchev–Trinajstić information content (AvgIpc) is 2.94. The third-order valence-electron chi connectivity index (χ3n) is 4.45. The molecular formula is C14H21N3O2S. The molecule has 6 heteroatoms. The molecule has 3 heterocycles. The molecule has 110 valence electrons. The molecule has 0 spiro atoms. The first kappa shape index (κ1) is 14.0. The van der Waals surface area contributed by atoms with Gasteiger partial charge in [-0.15, -0.1) is 0 Å². The monoisotopic (exact) mass is 295 g/mol. The van der Waals surface area contributed by atoms with E-state index in [1.165, 1.54) is 12.6 Å². The van der Waals surface area contributed by atoms with Crippen molar-refractivity contribution in [2.45, 2.75) is 43.2 Å². The number of sulfonamides is 1. The van der Waals surface area contributed by atoms with Crippen LogP contribution in [-0.2, 0) is 10.0 Å². The van der Waals surface area contributed by atoms with Crippen molar-refractivity contribution in [3.05, 3.63) is 24.5 Å². The molecule has 0 radical (unpaired) electrons. The Morgan fingerprint density at radius 2 is 2.25 bits per heavy atom. The van der Waals surface area contributed by atoms with Crippen LogP contribution in [-0.4, -0.2) is 54.3 Å². The van der Waals surface area contributed by atoms with Crippen LogP contribution in [0.5, 0.6) is 0 Å². The summed E-state index contributed by atoms with van der Waals surface area (Å²) in [6.45, 7) is 4.66. The molecule has 2 atom stereocenters. The number of hydrogen-bond acceptors (Lipinski definition) is 4. The topological polar surface area (TPSA) is 53.5 Å². The van der Waals surface area contributed by atoms with Crippen molar-refractivity contribution in [2.24, 2.45) is 0 Å². The van der Waals surface area contributed by atoms with E-state index in [0.717, 1.165) is 25.9 Å². The van der Waals surface area contributed by atoms with E-state index in [9.17, 15) is 8.42 Å². The smallest absolute Gasteiger partial charge is 0.244 e. The summed E-state index contributed by atoms with van der Waals surface area (Å²) in [5.41, 5.74) is 0. The maximum Gasteiger partial charge on any atom is 0.244 e. The lowest BCUT2D eigenvalue weighted by atomic mass is 10.1. The van der Waals surface area contributed by atoms with Crippen LogP contribution in [0, 0.1) is 0 Å². The van der Waals surface area contributed by atoms with Crippen molar-refractivity contribution in [1.29, 1.82) is 0 Å². The standard InChI is InChI=1S/C14H21N3O2S/c1-2-12-10-16-8-4-5-13(16)11-17(12)20(18,19)14-6-3-7-15-9-14/h3,6-7,9,12-13H,2,4-5,8,10-11H2,1H3/t12-,13+/m1/s1. The van der Waals surface area contributed by atoms with Crippen LogP contribution in [0.2, 0.25) is 0 Å². The minimum Gasteiger partial charge on any atom is -0.297 e. The molecule has 3 rings (SSSR count). The number of pyridine rings is 1. The van der Waals surface area contributed by atoms with Crippen LogP contribution < -0.4 is 0 Å². The fourth-order valence-electron chi connectivity index (χ4n) is 3.32. The van der Waals surface area contributed by atoms with E-state index < -0.39 is 10.0 Å². The molecule has 2 fully saturated rings. The molecule has 0 saturated carbocycles. The predicted octanol–water partition coefficient (Wildman–Crippen LogP) is 1.33. The Hall–Kier alpha value is -0.980. The lowest BCUT2D eigenvalue weighted by molar-refractivity contribution is 0.106. The normalized spacial score (nSPS) is 28.4. The quantitative estimate of drug-likeness (QED) is 0.844. The highest BCUT2D eigenvalue weighted by molar-refractivity contribution is 7.89. The minimum atomic E-state index is -3.42. The van der Waals surface area contributed by atoms with Gasteiger partial charge in [0.05, 0.1) is 0 Å². The average molecular weight is 295 g/mol. The van der Waals surface area contributed by atoms with E-state index in [2.05, 4.69) is 16.8 Å². The zero-order chi connectivity index (χ0) is 14.2. The van der Waals surface area contributed by atoms with Gasteiger partial charge in [-0.05, 0) is 37.9 Å². The summed E-state index contributed by atoms with van der Waals surface area (Å²) in [5, 5.41) is 0. The van der Waals surface area contributed by atoms with E-state index in [-0.39, 0.29) is 6.04 Å². The predicted molar refractivity (Wildman–Crippen MR) is 76.8 cm³/mol. The zero-order valence-corrected chi connectivity index (χ0v) is 12.6. The van der Waals surface area contributed by atoms with Gasteiger partial charge < -0.3 is 0 Å². The van der Waals surface area contributed by atoms with E-state index >= 15 is 0 Å². The maximum atomic E-state index is 12.8. The van der Waals surface area contributed by atoms with Crippen molar-refractivity contribution in [3.8, 4) is 0 Å². The molecule has 2 saturated heterocycles. The minimum absolute atomic E-state index is 0.0783. The Kier molecular flexibility index (Phi) is 3.79. The van der Waals surface area contributed by atoms with Gasteiger partial charge in [-0.25, -0.2) is 8.42 Å².